The molecular formula is C14H9Cl2F2NS2. The Labute approximate surface area is 140 Å². The number of thiocarbonyl (C=S) groups is 1. The molecule has 0 aromatic heterocycles. The number of rotatable bonds is 3. The number of halogens is 4. The zero-order valence-corrected chi connectivity index (χ0v) is 13.6. The molecule has 0 fully saturated rings. The van der Waals surface area contributed by atoms with Crippen LogP contribution >= 0.6 is 47.2 Å². The van der Waals surface area contributed by atoms with Gasteiger partial charge in [-0.2, -0.15) is 0 Å². The highest BCUT2D eigenvalue weighted by Crippen LogP contribution is 2.25. The van der Waals surface area contributed by atoms with Crippen LogP contribution < -0.4 is 5.32 Å². The number of hydrogen-bond donors (Lipinski definition) is 1. The second-order valence-corrected chi connectivity index (χ2v) is 6.54. The monoisotopic (exact) mass is 363 g/mol. The first-order chi connectivity index (χ1) is 9.95. The summed E-state index contributed by atoms with van der Waals surface area (Å²) in [5.41, 5.74) is 1.08. The Morgan fingerprint density at radius 3 is 2.52 bits per heavy atom. The van der Waals surface area contributed by atoms with Gasteiger partial charge in [0.15, 0.2) is 0 Å². The van der Waals surface area contributed by atoms with Crippen molar-refractivity contribution in [2.24, 2.45) is 0 Å². The molecule has 0 saturated heterocycles. The second kappa shape index (κ2) is 7.40. The van der Waals surface area contributed by atoms with Crippen LogP contribution in [0.3, 0.4) is 0 Å². The molecule has 0 atom stereocenters. The largest absolute Gasteiger partial charge is 0.339 e. The fraction of sp³-hybridized carbons (Fsp3) is 0.0714. The number of benzene rings is 2. The van der Waals surface area contributed by atoms with Gasteiger partial charge in [0.2, 0.25) is 0 Å². The average Bonchev–Trinajstić information content (AvgIpc) is 2.43. The molecular weight excluding hydrogens is 355 g/mol. The van der Waals surface area contributed by atoms with Gasteiger partial charge >= 0.3 is 0 Å². The van der Waals surface area contributed by atoms with Crippen LogP contribution in [-0.2, 0) is 5.75 Å². The predicted octanol–water partition coefficient (Wildman–Crippen LogP) is 5.90. The first-order valence-corrected chi connectivity index (χ1v) is 7.93. The number of nitrogens with one attached hydrogen (secondary N) is 1. The smallest absolute Gasteiger partial charge is 0.149 e. The third kappa shape index (κ3) is 4.81. The first-order valence-electron chi connectivity index (χ1n) is 5.78. The summed E-state index contributed by atoms with van der Waals surface area (Å²) in [4.78, 5) is 0. The minimum atomic E-state index is -0.688. The molecule has 1 N–H and O–H groups in total. The fourth-order valence-corrected chi connectivity index (χ4v) is 2.78. The van der Waals surface area contributed by atoms with Crippen molar-refractivity contribution in [2.45, 2.75) is 5.75 Å². The minimum Gasteiger partial charge on any atom is -0.339 e. The van der Waals surface area contributed by atoms with Gasteiger partial charge in [0.1, 0.15) is 16.0 Å². The van der Waals surface area contributed by atoms with Crippen molar-refractivity contribution in [2.75, 3.05) is 5.32 Å². The molecule has 2 aromatic rings. The maximum absolute atomic E-state index is 13.5. The summed E-state index contributed by atoms with van der Waals surface area (Å²) in [5.74, 6) is -0.758. The van der Waals surface area contributed by atoms with Crippen molar-refractivity contribution < 1.29 is 8.78 Å². The van der Waals surface area contributed by atoms with E-state index < -0.39 is 11.6 Å². The zero-order chi connectivity index (χ0) is 15.4. The number of hydrogen-bond acceptors (Lipinski definition) is 2. The molecule has 0 spiro atoms. The highest BCUT2D eigenvalue weighted by atomic mass is 35.5. The fourth-order valence-electron chi connectivity index (χ4n) is 1.52. The van der Waals surface area contributed by atoms with E-state index in [1.54, 1.807) is 12.1 Å². The van der Waals surface area contributed by atoms with Crippen LogP contribution in [0.25, 0.3) is 0 Å². The summed E-state index contributed by atoms with van der Waals surface area (Å²) in [7, 11) is 0. The predicted molar refractivity (Wildman–Crippen MR) is 90.3 cm³/mol. The SMILES string of the molecule is Fc1ccc(NC(=S)SCc2ccc(Cl)c(Cl)c2)c(F)c1. The third-order valence-electron chi connectivity index (χ3n) is 2.52. The Hall–Kier alpha value is -0.880. The number of anilines is 1. The molecule has 0 unspecified atom stereocenters. The third-order valence-corrected chi connectivity index (χ3v) is 4.56. The van der Waals surface area contributed by atoms with Crippen molar-refractivity contribution in [1.29, 1.82) is 0 Å². The molecule has 110 valence electrons. The van der Waals surface area contributed by atoms with Crippen molar-refractivity contribution in [1.82, 2.24) is 0 Å². The molecule has 0 heterocycles. The van der Waals surface area contributed by atoms with Gasteiger partial charge in [-0.25, -0.2) is 8.78 Å². The Balaban J connectivity index is 1.94. The van der Waals surface area contributed by atoms with Gasteiger partial charge in [-0.15, -0.1) is 0 Å². The van der Waals surface area contributed by atoms with E-state index >= 15 is 0 Å². The molecule has 0 aliphatic heterocycles. The van der Waals surface area contributed by atoms with Crippen molar-refractivity contribution in [3.8, 4) is 0 Å². The van der Waals surface area contributed by atoms with Crippen LogP contribution in [0.15, 0.2) is 36.4 Å². The van der Waals surface area contributed by atoms with E-state index in [1.807, 2.05) is 6.07 Å². The van der Waals surface area contributed by atoms with Crippen molar-refractivity contribution in [3.05, 3.63) is 63.6 Å². The van der Waals surface area contributed by atoms with E-state index in [4.69, 9.17) is 35.4 Å². The second-order valence-electron chi connectivity index (χ2n) is 4.07. The minimum absolute atomic E-state index is 0.142. The van der Waals surface area contributed by atoms with E-state index in [0.29, 0.717) is 20.1 Å². The Bertz CT molecular complexity index is 680. The summed E-state index contributed by atoms with van der Waals surface area (Å²) in [6.45, 7) is 0. The average molecular weight is 364 g/mol. The maximum atomic E-state index is 13.5. The number of thioether (sulfide) groups is 1. The van der Waals surface area contributed by atoms with E-state index in [9.17, 15) is 8.78 Å². The molecule has 0 amide bonds. The van der Waals surface area contributed by atoms with Gasteiger partial charge in [-0.05, 0) is 29.8 Å². The van der Waals surface area contributed by atoms with Gasteiger partial charge in [-0.3, -0.25) is 0 Å². The Kier molecular flexibility index (Phi) is 5.81. The molecule has 0 aliphatic rings. The summed E-state index contributed by atoms with van der Waals surface area (Å²) in [5, 5.41) is 3.68. The van der Waals surface area contributed by atoms with Crippen molar-refractivity contribution >= 4 is 57.2 Å². The molecule has 7 heteroatoms. The lowest BCUT2D eigenvalue weighted by molar-refractivity contribution is 0.586. The van der Waals surface area contributed by atoms with E-state index in [1.165, 1.54) is 17.8 Å². The molecule has 0 bridgehead atoms. The lowest BCUT2D eigenvalue weighted by Gasteiger charge is -2.09. The van der Waals surface area contributed by atoms with E-state index in [0.717, 1.165) is 17.7 Å². The molecule has 0 radical (unpaired) electrons. The van der Waals surface area contributed by atoms with Crippen LogP contribution in [0.4, 0.5) is 14.5 Å². The van der Waals surface area contributed by atoms with E-state index in [-0.39, 0.29) is 5.69 Å². The van der Waals surface area contributed by atoms with Crippen molar-refractivity contribution in [3.63, 3.8) is 0 Å². The summed E-state index contributed by atoms with van der Waals surface area (Å²) in [6, 6.07) is 8.55. The summed E-state index contributed by atoms with van der Waals surface area (Å²) >= 11 is 18.2. The van der Waals surface area contributed by atoms with Crippen LogP contribution in [0, 0.1) is 11.6 Å². The molecule has 0 saturated carbocycles. The van der Waals surface area contributed by atoms with Gasteiger partial charge in [-0.1, -0.05) is 53.2 Å². The normalized spacial score (nSPS) is 10.5. The Morgan fingerprint density at radius 1 is 1.10 bits per heavy atom. The van der Waals surface area contributed by atoms with Gasteiger partial charge in [0.25, 0.3) is 0 Å². The van der Waals surface area contributed by atoms with Gasteiger partial charge in [0, 0.05) is 11.8 Å². The summed E-state index contributed by atoms with van der Waals surface area (Å²) in [6.07, 6.45) is 0. The van der Waals surface area contributed by atoms with Crippen LogP contribution in [0.2, 0.25) is 10.0 Å². The summed E-state index contributed by atoms with van der Waals surface area (Å²) < 4.78 is 26.6. The van der Waals surface area contributed by atoms with Crippen LogP contribution in [-0.4, -0.2) is 4.32 Å². The quantitative estimate of drug-likeness (QED) is 0.681. The highest BCUT2D eigenvalue weighted by molar-refractivity contribution is 8.22. The lowest BCUT2D eigenvalue weighted by Crippen LogP contribution is -2.06. The molecule has 2 rings (SSSR count). The molecule has 21 heavy (non-hydrogen) atoms. The molecule has 0 aliphatic carbocycles. The van der Waals surface area contributed by atoms with Crippen LogP contribution in [0.1, 0.15) is 5.56 Å². The Morgan fingerprint density at radius 2 is 1.86 bits per heavy atom. The zero-order valence-electron chi connectivity index (χ0n) is 10.5. The first kappa shape index (κ1) is 16.5. The molecule has 2 aromatic carbocycles. The lowest BCUT2D eigenvalue weighted by atomic mass is 10.2. The molecule has 1 nitrogen and oxygen atoms in total. The highest BCUT2D eigenvalue weighted by Gasteiger charge is 2.07. The van der Waals surface area contributed by atoms with Gasteiger partial charge < -0.3 is 5.32 Å². The standard InChI is InChI=1S/C14H9Cl2F2NS2/c15-10-3-1-8(5-11(10)16)7-21-14(20)19-13-4-2-9(17)6-12(13)18/h1-6H,7H2,(H,19,20). The van der Waals surface area contributed by atoms with Gasteiger partial charge in [0.05, 0.1) is 15.7 Å². The van der Waals surface area contributed by atoms with Crippen LogP contribution in [0.5, 0.6) is 0 Å². The van der Waals surface area contributed by atoms with E-state index in [2.05, 4.69) is 5.32 Å². The topological polar surface area (TPSA) is 12.0 Å². The maximum Gasteiger partial charge on any atom is 0.149 e.